The van der Waals surface area contributed by atoms with Crippen LogP contribution in [-0.4, -0.2) is 21.2 Å². The molecule has 0 fully saturated rings. The third-order valence-electron chi connectivity index (χ3n) is 2.38. The monoisotopic (exact) mass is 307 g/mol. The highest BCUT2D eigenvalue weighted by Gasteiger charge is 2.19. The number of nitrogens with zero attached hydrogens (tertiary/aromatic N) is 1. The second-order valence-electron chi connectivity index (χ2n) is 3.72. The molecule has 1 N–H and O–H groups in total. The molecule has 0 spiro atoms. The van der Waals surface area contributed by atoms with Crippen molar-refractivity contribution in [2.24, 2.45) is 0 Å². The molecule has 21 heavy (non-hydrogen) atoms. The minimum Gasteiger partial charge on any atom is -0.469 e. The molecule has 0 unspecified atom stereocenters. The van der Waals surface area contributed by atoms with Crippen LogP contribution in [0, 0.1) is 10.1 Å². The van der Waals surface area contributed by atoms with Crippen LogP contribution in [0.4, 0.5) is 10.5 Å². The van der Waals surface area contributed by atoms with Gasteiger partial charge in [0.2, 0.25) is 0 Å². The Balaban J connectivity index is 0.000000491. The molecule has 2 aromatic carbocycles. The highest BCUT2D eigenvalue weighted by Crippen LogP contribution is 2.20. The van der Waals surface area contributed by atoms with Crippen molar-refractivity contribution in [3.63, 3.8) is 0 Å². The van der Waals surface area contributed by atoms with Crippen LogP contribution < -0.4 is 0 Å². The van der Waals surface area contributed by atoms with Crippen molar-refractivity contribution < 1.29 is 19.6 Å². The smallest absolute Gasteiger partial charge is 0.401 e. The van der Waals surface area contributed by atoms with Gasteiger partial charge in [0.15, 0.2) is 5.78 Å². The first-order valence-corrected chi connectivity index (χ1v) is 6.03. The fraction of sp³-hybridized carbons (Fsp3) is 0. The van der Waals surface area contributed by atoms with Gasteiger partial charge in [0.1, 0.15) is 5.56 Å². The quantitative estimate of drug-likeness (QED) is 0.403. The van der Waals surface area contributed by atoms with Crippen LogP contribution in [0.5, 0.6) is 0 Å². The van der Waals surface area contributed by atoms with Gasteiger partial charge < -0.3 is 5.11 Å². The maximum Gasteiger partial charge on any atom is 0.401 e. The van der Waals surface area contributed by atoms with E-state index in [9.17, 15) is 14.9 Å². The number of nitro groups is 1. The summed E-state index contributed by atoms with van der Waals surface area (Å²) >= 11 is 4.19. The van der Waals surface area contributed by atoms with Gasteiger partial charge in [-0.25, -0.2) is 4.79 Å². The number of ketones is 1. The number of hydrogen-bond donors (Lipinski definition) is 1. The zero-order valence-electron chi connectivity index (χ0n) is 10.6. The van der Waals surface area contributed by atoms with Gasteiger partial charge in [0.25, 0.3) is 5.69 Å². The highest BCUT2D eigenvalue weighted by molar-refractivity contribution is 6.60. The Kier molecular flexibility index (Phi) is 6.03. The van der Waals surface area contributed by atoms with E-state index in [0.29, 0.717) is 5.56 Å². The van der Waals surface area contributed by atoms with Gasteiger partial charge in [-0.3, -0.25) is 14.9 Å². The molecule has 0 amide bonds. The second-order valence-corrected chi connectivity index (χ2v) is 4.05. The predicted octanol–water partition coefficient (Wildman–Crippen LogP) is 3.73. The van der Waals surface area contributed by atoms with E-state index >= 15 is 0 Å². The summed E-state index contributed by atoms with van der Waals surface area (Å²) in [5.41, 5.74) is -0.966. The average molecular weight is 308 g/mol. The van der Waals surface area contributed by atoms with Crippen molar-refractivity contribution in [1.29, 1.82) is 0 Å². The summed E-state index contributed by atoms with van der Waals surface area (Å²) in [6, 6.07) is 14.5. The molecule has 0 aliphatic carbocycles. The van der Waals surface area contributed by atoms with Crippen molar-refractivity contribution in [1.82, 2.24) is 0 Å². The van der Waals surface area contributed by atoms with Gasteiger partial charge >= 0.3 is 5.43 Å². The Morgan fingerprint density at radius 2 is 1.48 bits per heavy atom. The van der Waals surface area contributed by atoms with Crippen LogP contribution in [0.1, 0.15) is 15.9 Å². The van der Waals surface area contributed by atoms with Crippen molar-refractivity contribution >= 4 is 28.5 Å². The maximum absolute atomic E-state index is 12.1. The number of rotatable bonds is 3. The molecule has 0 heterocycles. The Morgan fingerprint density at radius 1 is 1.00 bits per heavy atom. The first-order valence-electron chi connectivity index (χ1n) is 5.65. The zero-order valence-corrected chi connectivity index (χ0v) is 11.4. The molecule has 0 atom stereocenters. The van der Waals surface area contributed by atoms with Crippen LogP contribution in [0.25, 0.3) is 0 Å². The number of benzene rings is 2. The van der Waals surface area contributed by atoms with E-state index in [1.54, 1.807) is 42.5 Å². The van der Waals surface area contributed by atoms with Crippen molar-refractivity contribution in [3.05, 3.63) is 75.8 Å². The van der Waals surface area contributed by atoms with Crippen LogP contribution >= 0.6 is 11.6 Å². The van der Waals surface area contributed by atoms with Gasteiger partial charge in [-0.15, -0.1) is 0 Å². The summed E-state index contributed by atoms with van der Waals surface area (Å²) in [5, 5.41) is 18.0. The van der Waals surface area contributed by atoms with Crippen LogP contribution in [0.2, 0.25) is 0 Å². The van der Waals surface area contributed by atoms with Gasteiger partial charge in [-0.2, -0.15) is 0 Å². The topological polar surface area (TPSA) is 97.5 Å². The van der Waals surface area contributed by atoms with E-state index in [1.165, 1.54) is 12.1 Å². The molecule has 0 saturated heterocycles. The number of carboxylic acid groups (broad SMARTS) is 1. The average Bonchev–Trinajstić information content (AvgIpc) is 2.47. The molecule has 0 saturated carbocycles. The standard InChI is InChI=1S/C13H9NO3.CHClO2/c15-13(10-6-2-1-3-7-10)11-8-4-5-9-12(11)14(16)17;2-1(3)4/h1-9H;(H,3,4). The fourth-order valence-corrected chi connectivity index (χ4v) is 1.57. The molecule has 0 aromatic heterocycles. The number of halogens is 1. The van der Waals surface area contributed by atoms with Crippen molar-refractivity contribution in [2.45, 2.75) is 0 Å². The summed E-state index contributed by atoms with van der Waals surface area (Å²) in [6.07, 6.45) is 0. The molecule has 0 radical (unpaired) electrons. The Hall–Kier alpha value is -2.73. The van der Waals surface area contributed by atoms with E-state index in [2.05, 4.69) is 11.6 Å². The number of hydrogen-bond acceptors (Lipinski definition) is 4. The summed E-state index contributed by atoms with van der Waals surface area (Å²) in [6.45, 7) is 0. The van der Waals surface area contributed by atoms with Gasteiger partial charge in [-0.1, -0.05) is 42.5 Å². The SMILES string of the molecule is O=C(O)Cl.O=C(c1ccccc1)c1ccccc1[N+](=O)[O-]. The van der Waals surface area contributed by atoms with E-state index < -0.39 is 10.4 Å². The summed E-state index contributed by atoms with van der Waals surface area (Å²) in [5.74, 6) is -0.335. The molecular formula is C14H10ClNO5. The van der Waals surface area contributed by atoms with Gasteiger partial charge in [0, 0.05) is 23.2 Å². The minimum absolute atomic E-state index is 0.115. The summed E-state index contributed by atoms with van der Waals surface area (Å²) in [4.78, 5) is 31.1. The van der Waals surface area contributed by atoms with E-state index in [1.807, 2.05) is 0 Å². The van der Waals surface area contributed by atoms with Crippen molar-refractivity contribution in [2.75, 3.05) is 0 Å². The van der Waals surface area contributed by atoms with E-state index in [-0.39, 0.29) is 17.0 Å². The Morgan fingerprint density at radius 3 is 2.00 bits per heavy atom. The van der Waals surface area contributed by atoms with Crippen LogP contribution in [0.3, 0.4) is 0 Å². The summed E-state index contributed by atoms with van der Waals surface area (Å²) in [7, 11) is 0. The Bertz CT molecular complexity index is 653. The largest absolute Gasteiger partial charge is 0.469 e. The molecule has 2 aromatic rings. The second kappa shape index (κ2) is 7.76. The molecule has 0 aliphatic rings. The summed E-state index contributed by atoms with van der Waals surface area (Å²) < 4.78 is 0. The van der Waals surface area contributed by atoms with Gasteiger partial charge in [0.05, 0.1) is 4.92 Å². The third-order valence-corrected chi connectivity index (χ3v) is 2.38. The molecule has 0 aliphatic heterocycles. The first-order chi connectivity index (χ1) is 9.93. The molecule has 6 nitrogen and oxygen atoms in total. The van der Waals surface area contributed by atoms with Gasteiger partial charge in [-0.05, 0) is 6.07 Å². The molecule has 2 rings (SSSR count). The lowest BCUT2D eigenvalue weighted by Gasteiger charge is -2.01. The lowest BCUT2D eigenvalue weighted by molar-refractivity contribution is -0.385. The molecule has 0 bridgehead atoms. The van der Waals surface area contributed by atoms with Crippen LogP contribution in [-0.2, 0) is 0 Å². The molecule has 108 valence electrons. The first kappa shape index (κ1) is 16.3. The van der Waals surface area contributed by atoms with Crippen LogP contribution in [0.15, 0.2) is 54.6 Å². The highest BCUT2D eigenvalue weighted by atomic mass is 35.5. The Labute approximate surface area is 124 Å². The molecular weight excluding hydrogens is 298 g/mol. The number of carbonyl (C=O) groups excluding carboxylic acids is 1. The number of nitro benzene ring substituents is 1. The maximum atomic E-state index is 12.1. The predicted molar refractivity (Wildman–Crippen MR) is 76.8 cm³/mol. The fourth-order valence-electron chi connectivity index (χ4n) is 1.57. The van der Waals surface area contributed by atoms with Crippen molar-refractivity contribution in [3.8, 4) is 0 Å². The minimum atomic E-state index is -1.36. The van der Waals surface area contributed by atoms with E-state index in [0.717, 1.165) is 0 Å². The molecule has 7 heteroatoms. The number of carbonyl (C=O) groups is 2. The normalized spacial score (nSPS) is 9.19. The van der Waals surface area contributed by atoms with E-state index in [4.69, 9.17) is 9.90 Å². The lowest BCUT2D eigenvalue weighted by atomic mass is 10.0. The lowest BCUT2D eigenvalue weighted by Crippen LogP contribution is -2.04. The zero-order chi connectivity index (χ0) is 15.8. The third kappa shape index (κ3) is 5.04. The number of para-hydroxylation sites is 1.